The lowest BCUT2D eigenvalue weighted by atomic mass is 10.1. The molecule has 132 valence electrons. The molecule has 0 spiro atoms. The number of esters is 1. The van der Waals surface area contributed by atoms with Gasteiger partial charge < -0.3 is 19.3 Å². The van der Waals surface area contributed by atoms with Crippen LogP contribution in [0.3, 0.4) is 0 Å². The highest BCUT2D eigenvalue weighted by atomic mass is 16.6. The number of hydrogen-bond donors (Lipinski definition) is 0. The van der Waals surface area contributed by atoms with Gasteiger partial charge in [-0.25, -0.2) is 9.59 Å². The summed E-state index contributed by atoms with van der Waals surface area (Å²) in [5, 5.41) is 0. The highest BCUT2D eigenvalue weighted by Gasteiger charge is 2.28. The van der Waals surface area contributed by atoms with Gasteiger partial charge in [-0.05, 0) is 39.6 Å². The van der Waals surface area contributed by atoms with Gasteiger partial charge in [0.1, 0.15) is 5.60 Å². The lowest BCUT2D eigenvalue weighted by Gasteiger charge is -2.24. The van der Waals surface area contributed by atoms with Gasteiger partial charge in [0.25, 0.3) is 0 Å². The summed E-state index contributed by atoms with van der Waals surface area (Å²) in [7, 11) is 5.95. The normalized spacial score (nSPS) is 14.6. The van der Waals surface area contributed by atoms with Gasteiger partial charge >= 0.3 is 12.1 Å². The summed E-state index contributed by atoms with van der Waals surface area (Å²) in [6.07, 6.45) is -2.70. The fourth-order valence-corrected chi connectivity index (χ4v) is 1.22. The minimum Gasteiger partial charge on any atom is -0.457 e. The number of nitrogens with zero attached hydrogens (tertiary/aromatic N) is 2. The zero-order valence-corrected chi connectivity index (χ0v) is 14.9. The fraction of sp³-hybridized carbons (Fsp3) is 0.688. The number of ether oxygens (including phenoxy) is 2. The molecule has 0 N–H and O–H groups in total. The van der Waals surface area contributed by atoms with E-state index in [4.69, 9.17) is 12.2 Å². The van der Waals surface area contributed by atoms with Crippen LogP contribution in [0.25, 0.3) is 0 Å². The molecule has 0 fully saturated rings. The minimum absolute atomic E-state index is 0.308. The molecule has 0 saturated heterocycles. The van der Waals surface area contributed by atoms with E-state index < -0.39 is 30.1 Å². The van der Waals surface area contributed by atoms with Crippen molar-refractivity contribution < 1.29 is 26.6 Å². The molecule has 1 unspecified atom stereocenters. The summed E-state index contributed by atoms with van der Waals surface area (Å²) in [4.78, 5) is 38.0. The van der Waals surface area contributed by atoms with Crippen molar-refractivity contribution in [1.29, 1.82) is 0 Å². The minimum atomic E-state index is -2.25. The Hall–Kier alpha value is -2.05. The number of carbonyl (C=O) groups is 3. The molecule has 0 heterocycles. The summed E-state index contributed by atoms with van der Waals surface area (Å²) >= 11 is 0. The molecule has 0 rings (SSSR count). The Morgan fingerprint density at radius 2 is 1.70 bits per heavy atom. The molecule has 7 heteroatoms. The summed E-state index contributed by atoms with van der Waals surface area (Å²) < 4.78 is 26.4. The van der Waals surface area contributed by atoms with Crippen molar-refractivity contribution in [2.75, 3.05) is 28.2 Å². The van der Waals surface area contributed by atoms with Crippen molar-refractivity contribution in [3.63, 3.8) is 0 Å². The van der Waals surface area contributed by atoms with Crippen LogP contribution in [0.15, 0.2) is 12.2 Å². The third-order valence-electron chi connectivity index (χ3n) is 2.33. The predicted octanol–water partition coefficient (Wildman–Crippen LogP) is 1.82. The first-order chi connectivity index (χ1) is 11.2. The molecule has 0 radical (unpaired) electrons. The van der Waals surface area contributed by atoms with Crippen molar-refractivity contribution in [1.82, 2.24) is 9.80 Å². The highest BCUT2D eigenvalue weighted by molar-refractivity contribution is 5.87. The van der Waals surface area contributed by atoms with Crippen molar-refractivity contribution >= 4 is 18.0 Å². The quantitative estimate of drug-likeness (QED) is 0.548. The van der Waals surface area contributed by atoms with E-state index in [0.717, 1.165) is 4.90 Å². The van der Waals surface area contributed by atoms with Crippen molar-refractivity contribution in [2.45, 2.75) is 45.3 Å². The van der Waals surface area contributed by atoms with E-state index in [0.29, 0.717) is 0 Å². The third-order valence-corrected chi connectivity index (χ3v) is 2.33. The molecule has 1 atom stereocenters. The molecule has 2 amide bonds. The Labute approximate surface area is 141 Å². The second kappa shape index (κ2) is 9.17. The van der Waals surface area contributed by atoms with Gasteiger partial charge in [0.05, 0.1) is 0 Å². The molecule has 0 aliphatic heterocycles. The van der Waals surface area contributed by atoms with Crippen LogP contribution < -0.4 is 0 Å². The van der Waals surface area contributed by atoms with Crippen LogP contribution in [0.5, 0.6) is 0 Å². The van der Waals surface area contributed by atoms with Crippen LogP contribution in [-0.4, -0.2) is 67.7 Å². The molecule has 0 aromatic carbocycles. The van der Waals surface area contributed by atoms with Crippen molar-refractivity contribution in [2.24, 2.45) is 0 Å². The molecule has 23 heavy (non-hydrogen) atoms. The van der Waals surface area contributed by atoms with Crippen LogP contribution in [0, 0.1) is 0 Å². The number of amides is 2. The van der Waals surface area contributed by atoms with Gasteiger partial charge in [-0.2, -0.15) is 0 Å². The predicted molar refractivity (Wildman–Crippen MR) is 86.9 cm³/mol. The summed E-state index contributed by atoms with van der Waals surface area (Å²) in [6.45, 7) is 4.88. The van der Waals surface area contributed by atoms with E-state index in [2.05, 4.69) is 0 Å². The molecule has 0 bridgehead atoms. The first kappa shape index (κ1) is 17.3. The second-order valence-corrected chi connectivity index (χ2v) is 6.23. The number of hydrogen-bond acceptors (Lipinski definition) is 5. The number of likely N-dealkylation sites (N-methyl/N-ethyl adjacent to an activating group) is 1. The maximum atomic E-state index is 12.3. The van der Waals surface area contributed by atoms with E-state index in [9.17, 15) is 14.4 Å². The van der Waals surface area contributed by atoms with Gasteiger partial charge in [0, 0.05) is 30.9 Å². The maximum Gasteiger partial charge on any atom is 0.410 e. The Morgan fingerprint density at radius 1 is 1.13 bits per heavy atom. The summed E-state index contributed by atoms with van der Waals surface area (Å²) in [5.74, 6) is -1.31. The topological polar surface area (TPSA) is 76.2 Å². The standard InChI is InChI=1S/C16H28N2O5/c1-16(2,3)23-14(20)12(22-15(21)18(6)7)10-8-9-11-13(19)17(4)5/h9,11-12H,8,10H2,1-7H3/b11-9+/i10D2. The molecular weight excluding hydrogens is 300 g/mol. The largest absolute Gasteiger partial charge is 0.457 e. The fourth-order valence-electron chi connectivity index (χ4n) is 1.22. The average Bonchev–Trinajstić information content (AvgIpc) is 2.41. The molecular formula is C16H28N2O5. The van der Waals surface area contributed by atoms with Gasteiger partial charge in [-0.1, -0.05) is 6.08 Å². The molecule has 0 aliphatic rings. The maximum absolute atomic E-state index is 12.3. The van der Waals surface area contributed by atoms with Crippen LogP contribution in [0.2, 0.25) is 0 Å². The van der Waals surface area contributed by atoms with Gasteiger partial charge in [0.15, 0.2) is 0 Å². The zero-order valence-electron chi connectivity index (χ0n) is 16.9. The Balaban J connectivity index is 5.36. The number of carbonyl (C=O) groups excluding carboxylic acids is 3. The average molecular weight is 330 g/mol. The van der Waals surface area contributed by atoms with Gasteiger partial charge in [0.2, 0.25) is 12.0 Å². The van der Waals surface area contributed by atoms with E-state index >= 15 is 0 Å². The van der Waals surface area contributed by atoms with Crippen LogP contribution in [0.4, 0.5) is 4.79 Å². The SMILES string of the molecule is [2H]C([2H])(C/C=C/C(=O)N(C)C)C(OC(=O)N(C)C)C(=O)OC(C)(C)C. The van der Waals surface area contributed by atoms with Gasteiger partial charge in [-0.3, -0.25) is 4.79 Å². The Kier molecular flexibility index (Phi) is 6.90. The molecule has 0 aliphatic carbocycles. The number of allylic oxidation sites excluding steroid dienone is 1. The van der Waals surface area contributed by atoms with Crippen LogP contribution >= 0.6 is 0 Å². The van der Waals surface area contributed by atoms with E-state index in [1.807, 2.05) is 0 Å². The lowest BCUT2D eigenvalue weighted by Crippen LogP contribution is -2.37. The Bertz CT molecular complexity index is 525. The third kappa shape index (κ3) is 9.55. The second-order valence-electron chi connectivity index (χ2n) is 6.23. The first-order valence-electron chi connectivity index (χ1n) is 8.16. The van der Waals surface area contributed by atoms with E-state index in [1.54, 1.807) is 34.9 Å². The Morgan fingerprint density at radius 3 is 2.13 bits per heavy atom. The zero-order chi connectivity index (χ0) is 20.0. The lowest BCUT2D eigenvalue weighted by molar-refractivity contribution is -0.165. The van der Waals surface area contributed by atoms with Crippen LogP contribution in [0.1, 0.15) is 36.3 Å². The molecule has 7 nitrogen and oxygen atoms in total. The highest BCUT2D eigenvalue weighted by Crippen LogP contribution is 2.14. The molecule has 0 aromatic heterocycles. The first-order valence-corrected chi connectivity index (χ1v) is 7.16. The van der Waals surface area contributed by atoms with Gasteiger partial charge in [-0.15, -0.1) is 0 Å². The smallest absolute Gasteiger partial charge is 0.410 e. The number of rotatable bonds is 6. The van der Waals surface area contributed by atoms with Crippen LogP contribution in [-0.2, 0) is 19.1 Å². The van der Waals surface area contributed by atoms with Crippen molar-refractivity contribution in [3.05, 3.63) is 12.2 Å². The summed E-state index contributed by atoms with van der Waals surface area (Å²) in [6, 6.07) is 0. The van der Waals surface area contributed by atoms with Crippen molar-refractivity contribution in [3.8, 4) is 0 Å². The molecule has 0 saturated carbocycles. The van der Waals surface area contributed by atoms with E-state index in [-0.39, 0.29) is 12.3 Å². The molecule has 0 aromatic rings. The monoisotopic (exact) mass is 330 g/mol. The van der Waals surface area contributed by atoms with E-state index in [1.165, 1.54) is 31.1 Å². The summed E-state index contributed by atoms with van der Waals surface area (Å²) in [5.41, 5.74) is -0.868.